The number of nitrogen functional groups attached to an aromatic ring is 1. The van der Waals surface area contributed by atoms with Crippen LogP contribution in [0.5, 0.6) is 5.75 Å². The van der Waals surface area contributed by atoms with Crippen LogP contribution in [0.1, 0.15) is 5.69 Å². The minimum Gasteiger partial charge on any atom is -0.485 e. The summed E-state index contributed by atoms with van der Waals surface area (Å²) in [5.74, 6) is 0.588. The molecule has 0 spiro atoms. The number of hydrogen-bond acceptors (Lipinski definition) is 4. The monoisotopic (exact) mass is 217 g/mol. The van der Waals surface area contributed by atoms with Gasteiger partial charge in [0.1, 0.15) is 12.4 Å². The minimum atomic E-state index is -0.199. The first kappa shape index (κ1) is 10.2. The third-order valence-corrected chi connectivity index (χ3v) is 2.03. The van der Waals surface area contributed by atoms with Crippen molar-refractivity contribution in [2.24, 2.45) is 0 Å². The number of hydrogen-bond donors (Lipinski definition) is 2. The molecule has 82 valence electrons. The predicted molar refractivity (Wildman–Crippen MR) is 60.0 cm³/mol. The lowest BCUT2D eigenvalue weighted by atomic mass is 10.3. The van der Waals surface area contributed by atoms with Crippen molar-refractivity contribution in [3.8, 4) is 5.75 Å². The predicted octanol–water partition coefficient (Wildman–Crippen LogP) is 0.931. The number of aromatic amines is 1. The fourth-order valence-electron chi connectivity index (χ4n) is 1.25. The molecule has 16 heavy (non-hydrogen) atoms. The lowest BCUT2D eigenvalue weighted by Crippen LogP contribution is -2.09. The first-order valence-electron chi connectivity index (χ1n) is 4.76. The first-order chi connectivity index (χ1) is 7.75. The van der Waals surface area contributed by atoms with Gasteiger partial charge in [-0.05, 0) is 12.1 Å². The molecule has 0 bridgehead atoms. The number of anilines is 1. The number of benzene rings is 1. The van der Waals surface area contributed by atoms with Crippen molar-refractivity contribution in [3.63, 3.8) is 0 Å². The van der Waals surface area contributed by atoms with Gasteiger partial charge in [-0.15, -0.1) is 0 Å². The van der Waals surface area contributed by atoms with E-state index in [1.54, 1.807) is 12.1 Å². The van der Waals surface area contributed by atoms with Crippen molar-refractivity contribution >= 4 is 5.69 Å². The molecule has 2 aromatic rings. The van der Waals surface area contributed by atoms with E-state index in [4.69, 9.17) is 10.5 Å². The summed E-state index contributed by atoms with van der Waals surface area (Å²) in [6.45, 7) is 0.220. The number of ether oxygens (including phenoxy) is 1. The lowest BCUT2D eigenvalue weighted by Gasteiger charge is -2.07. The van der Waals surface area contributed by atoms with Gasteiger partial charge < -0.3 is 15.5 Å². The van der Waals surface area contributed by atoms with Crippen LogP contribution < -0.4 is 16.0 Å². The molecule has 1 heterocycles. The molecule has 0 radical (unpaired) electrons. The quantitative estimate of drug-likeness (QED) is 0.749. The van der Waals surface area contributed by atoms with Crippen molar-refractivity contribution in [3.05, 3.63) is 52.7 Å². The first-order valence-corrected chi connectivity index (χ1v) is 4.76. The van der Waals surface area contributed by atoms with Crippen LogP contribution in [0.15, 0.2) is 41.5 Å². The van der Waals surface area contributed by atoms with Gasteiger partial charge in [-0.3, -0.25) is 4.79 Å². The summed E-state index contributed by atoms with van der Waals surface area (Å²) < 4.78 is 5.44. The van der Waals surface area contributed by atoms with Gasteiger partial charge >= 0.3 is 0 Å². The van der Waals surface area contributed by atoms with Gasteiger partial charge in [-0.2, -0.15) is 0 Å². The Hall–Kier alpha value is -2.30. The molecule has 5 nitrogen and oxygen atoms in total. The van der Waals surface area contributed by atoms with Gasteiger partial charge in [0.2, 0.25) is 0 Å². The van der Waals surface area contributed by atoms with Gasteiger partial charge in [-0.25, -0.2) is 4.98 Å². The highest BCUT2D eigenvalue weighted by molar-refractivity contribution is 5.51. The Morgan fingerprint density at radius 1 is 1.38 bits per heavy atom. The van der Waals surface area contributed by atoms with E-state index >= 15 is 0 Å². The van der Waals surface area contributed by atoms with Gasteiger partial charge in [0.15, 0.2) is 0 Å². The molecule has 0 atom stereocenters. The lowest BCUT2D eigenvalue weighted by molar-refractivity contribution is 0.302. The zero-order valence-electron chi connectivity index (χ0n) is 8.51. The molecule has 0 saturated heterocycles. The molecule has 0 aliphatic rings. The summed E-state index contributed by atoms with van der Waals surface area (Å²) in [5, 5.41) is 0. The number of aromatic nitrogens is 2. The molecule has 0 saturated carbocycles. The largest absolute Gasteiger partial charge is 0.485 e. The van der Waals surface area contributed by atoms with Crippen molar-refractivity contribution in [2.75, 3.05) is 5.73 Å². The van der Waals surface area contributed by atoms with Crippen LogP contribution in [0.3, 0.4) is 0 Å². The number of nitrogens with two attached hydrogens (primary N) is 1. The number of para-hydroxylation sites is 2. The van der Waals surface area contributed by atoms with Crippen LogP contribution in [-0.4, -0.2) is 9.97 Å². The van der Waals surface area contributed by atoms with E-state index < -0.39 is 0 Å². The Morgan fingerprint density at radius 3 is 2.94 bits per heavy atom. The van der Waals surface area contributed by atoms with Gasteiger partial charge in [0.05, 0.1) is 17.7 Å². The Labute approximate surface area is 91.9 Å². The summed E-state index contributed by atoms with van der Waals surface area (Å²) in [6.07, 6.45) is 1.34. The summed E-state index contributed by atoms with van der Waals surface area (Å²) >= 11 is 0. The molecule has 0 aliphatic carbocycles. The molecule has 1 aromatic heterocycles. The highest BCUT2D eigenvalue weighted by Crippen LogP contribution is 2.20. The van der Waals surface area contributed by atoms with Crippen LogP contribution in [0, 0.1) is 0 Å². The molecule has 5 heteroatoms. The Balaban J connectivity index is 2.08. The second-order valence-electron chi connectivity index (χ2n) is 3.23. The smallest absolute Gasteiger partial charge is 0.251 e. The molecular formula is C11H11N3O2. The Morgan fingerprint density at radius 2 is 2.19 bits per heavy atom. The third kappa shape index (κ3) is 2.38. The molecule has 0 unspecified atom stereocenters. The third-order valence-electron chi connectivity index (χ3n) is 2.03. The fourth-order valence-corrected chi connectivity index (χ4v) is 1.25. The molecular weight excluding hydrogens is 206 g/mol. The van der Waals surface area contributed by atoms with E-state index in [2.05, 4.69) is 9.97 Å². The normalized spacial score (nSPS) is 10.0. The summed E-state index contributed by atoms with van der Waals surface area (Å²) in [4.78, 5) is 17.4. The van der Waals surface area contributed by atoms with E-state index in [9.17, 15) is 4.79 Å². The molecule has 0 fully saturated rings. The van der Waals surface area contributed by atoms with Crippen LogP contribution in [0.4, 0.5) is 5.69 Å². The van der Waals surface area contributed by atoms with Gasteiger partial charge in [0.25, 0.3) is 5.56 Å². The average Bonchev–Trinajstić information content (AvgIpc) is 2.28. The van der Waals surface area contributed by atoms with Crippen molar-refractivity contribution in [2.45, 2.75) is 6.61 Å². The zero-order valence-corrected chi connectivity index (χ0v) is 8.51. The fraction of sp³-hybridized carbons (Fsp3) is 0.0909. The molecule has 0 amide bonds. The Bertz CT molecular complexity index is 537. The average molecular weight is 217 g/mol. The molecule has 3 N–H and O–H groups in total. The van der Waals surface area contributed by atoms with Crippen LogP contribution in [0.25, 0.3) is 0 Å². The highest BCUT2D eigenvalue weighted by atomic mass is 16.5. The van der Waals surface area contributed by atoms with E-state index in [1.165, 1.54) is 12.4 Å². The van der Waals surface area contributed by atoms with Crippen LogP contribution >= 0.6 is 0 Å². The van der Waals surface area contributed by atoms with Crippen molar-refractivity contribution < 1.29 is 4.74 Å². The van der Waals surface area contributed by atoms with Gasteiger partial charge in [0, 0.05) is 6.07 Å². The van der Waals surface area contributed by atoms with Gasteiger partial charge in [-0.1, -0.05) is 12.1 Å². The number of H-pyrrole nitrogens is 1. The topological polar surface area (TPSA) is 81.0 Å². The Kier molecular flexibility index (Phi) is 2.86. The summed E-state index contributed by atoms with van der Waals surface area (Å²) in [7, 11) is 0. The second-order valence-corrected chi connectivity index (χ2v) is 3.23. The molecule has 2 rings (SSSR count). The van der Waals surface area contributed by atoms with E-state index in [-0.39, 0.29) is 12.2 Å². The van der Waals surface area contributed by atoms with E-state index in [0.29, 0.717) is 17.1 Å². The second kappa shape index (κ2) is 4.48. The summed E-state index contributed by atoms with van der Waals surface area (Å²) in [6, 6.07) is 8.56. The SMILES string of the molecule is Nc1ccccc1OCc1cc(=O)[nH]cn1. The number of nitrogens with one attached hydrogen (secondary N) is 1. The zero-order chi connectivity index (χ0) is 11.4. The highest BCUT2D eigenvalue weighted by Gasteiger charge is 2.00. The van der Waals surface area contributed by atoms with E-state index in [1.807, 2.05) is 12.1 Å². The van der Waals surface area contributed by atoms with Crippen molar-refractivity contribution in [1.29, 1.82) is 0 Å². The van der Waals surface area contributed by atoms with Crippen LogP contribution in [0.2, 0.25) is 0 Å². The minimum absolute atomic E-state index is 0.199. The van der Waals surface area contributed by atoms with Crippen LogP contribution in [-0.2, 0) is 6.61 Å². The molecule has 1 aromatic carbocycles. The maximum Gasteiger partial charge on any atom is 0.251 e. The standard InChI is InChI=1S/C11H11N3O2/c12-9-3-1-2-4-10(9)16-6-8-5-11(15)14-7-13-8/h1-5,7H,6,12H2,(H,13,14,15). The van der Waals surface area contributed by atoms with E-state index in [0.717, 1.165) is 0 Å². The number of rotatable bonds is 3. The van der Waals surface area contributed by atoms with Crippen molar-refractivity contribution in [1.82, 2.24) is 9.97 Å². The number of nitrogens with zero attached hydrogens (tertiary/aromatic N) is 1. The maximum absolute atomic E-state index is 11.0. The molecule has 0 aliphatic heterocycles. The maximum atomic E-state index is 11.0. The summed E-state index contributed by atoms with van der Waals surface area (Å²) in [5.41, 5.74) is 6.63.